The van der Waals surface area contributed by atoms with E-state index in [1.807, 2.05) is 61.7 Å². The van der Waals surface area contributed by atoms with Gasteiger partial charge in [-0.25, -0.2) is 18.4 Å². The van der Waals surface area contributed by atoms with Crippen molar-refractivity contribution in [2.45, 2.75) is 61.3 Å². The molecule has 0 aliphatic carbocycles. The van der Waals surface area contributed by atoms with E-state index in [1.54, 1.807) is 43.3 Å². The van der Waals surface area contributed by atoms with E-state index in [0.29, 0.717) is 24.2 Å². The van der Waals surface area contributed by atoms with Crippen LogP contribution in [0.2, 0.25) is 0 Å². The van der Waals surface area contributed by atoms with E-state index < -0.39 is 23.2 Å². The first-order valence-electron chi connectivity index (χ1n) is 14.6. The number of carboxylic acids is 1. The molecule has 0 atom stereocenters. The Morgan fingerprint density at radius 1 is 1.09 bits per heavy atom. The fourth-order valence-electron chi connectivity index (χ4n) is 3.47. The number of nitrogens with one attached hydrogen (secondary N) is 2. The van der Waals surface area contributed by atoms with Gasteiger partial charge >= 0.3 is 5.97 Å². The van der Waals surface area contributed by atoms with Crippen molar-refractivity contribution in [1.29, 1.82) is 0 Å². The molecular weight excluding hydrogens is 569 g/mol. The number of nitrogens with zero attached hydrogens (tertiary/aromatic N) is 2. The van der Waals surface area contributed by atoms with Crippen molar-refractivity contribution in [3.05, 3.63) is 87.9 Å². The number of aromatic carboxylic acids is 1. The Kier molecular flexibility index (Phi) is 23.5. The highest BCUT2D eigenvalue weighted by Gasteiger charge is 2.18. The monoisotopic (exact) mass is 620 g/mol. The van der Waals surface area contributed by atoms with Crippen LogP contribution in [0.1, 0.15) is 77.2 Å². The topological polar surface area (TPSA) is 77.1 Å². The molecule has 0 spiro atoms. The number of halogens is 3. The first-order chi connectivity index (χ1) is 20.9. The van der Waals surface area contributed by atoms with Gasteiger partial charge in [-0.05, 0) is 69.2 Å². The summed E-state index contributed by atoms with van der Waals surface area (Å²) in [4.78, 5) is 18.1. The number of terminal acetylenes is 1. The molecule has 0 aliphatic rings. The normalized spacial score (nSPS) is 12.3. The van der Waals surface area contributed by atoms with Crippen LogP contribution in [0.3, 0.4) is 0 Å². The number of allylic oxidation sites excluding steroid dienone is 5. The lowest BCUT2D eigenvalue weighted by Crippen LogP contribution is -2.19. The maximum Gasteiger partial charge on any atom is 0.335 e. The minimum Gasteiger partial charge on any atom is -0.478 e. The van der Waals surface area contributed by atoms with Crippen LogP contribution < -0.4 is 10.6 Å². The van der Waals surface area contributed by atoms with Crippen molar-refractivity contribution in [2.75, 3.05) is 40.8 Å². The zero-order valence-corrected chi connectivity index (χ0v) is 27.9. The molecule has 0 unspecified atom stereocenters. The maximum atomic E-state index is 14.8. The van der Waals surface area contributed by atoms with Gasteiger partial charge in [0.05, 0.1) is 12.2 Å². The van der Waals surface area contributed by atoms with Gasteiger partial charge in [-0.2, -0.15) is 0 Å². The smallest absolute Gasteiger partial charge is 0.335 e. The molecule has 1 aromatic carbocycles. The van der Waals surface area contributed by atoms with Gasteiger partial charge in [-0.3, -0.25) is 0 Å². The van der Waals surface area contributed by atoms with Crippen molar-refractivity contribution in [2.24, 2.45) is 0 Å². The standard InChI is InChI=1S/C30H39F3N4O3.2C2H6/c1-8-9-10-24(29-26(31)18-25(30(38)39)19-27(29)32)11-14-35-20-21(2)17-22(3)28(12-15-36(6)7)37(33)40-16-13-23(4)34-5;2*1-2/h1,10,12-13,15,17-19,34-35H,9,11,14,16,20H2,2-7H3,(H,38,39);2*1-2H3/b15-12-,21-17+,23-13+,24-10+,28-22-;;. The van der Waals surface area contributed by atoms with Gasteiger partial charge in [0.25, 0.3) is 0 Å². The lowest BCUT2D eigenvalue weighted by atomic mass is 9.98. The number of carboxylic acid groups (broad SMARTS) is 1. The van der Waals surface area contributed by atoms with Crippen LogP contribution in [-0.4, -0.2) is 62.1 Å². The molecule has 1 rings (SSSR count). The third-order valence-electron chi connectivity index (χ3n) is 5.61. The number of carbonyl (C=O) groups is 1. The molecule has 7 nitrogen and oxygen atoms in total. The summed E-state index contributed by atoms with van der Waals surface area (Å²) in [5.74, 6) is -0.940. The number of rotatable bonds is 16. The van der Waals surface area contributed by atoms with Crippen LogP contribution >= 0.6 is 0 Å². The van der Waals surface area contributed by atoms with Crippen LogP contribution in [-0.2, 0) is 4.84 Å². The van der Waals surface area contributed by atoms with Crippen LogP contribution in [0, 0.1) is 24.0 Å². The molecule has 0 bridgehead atoms. The summed E-state index contributed by atoms with van der Waals surface area (Å²) >= 11 is 0. The number of hydrogen-bond acceptors (Lipinski definition) is 6. The van der Waals surface area contributed by atoms with E-state index in [4.69, 9.17) is 16.4 Å². The molecule has 0 amide bonds. The molecule has 10 heteroatoms. The zero-order valence-electron chi connectivity index (χ0n) is 27.9. The Bertz CT molecular complexity index is 1190. The van der Waals surface area contributed by atoms with Crippen LogP contribution in [0.5, 0.6) is 0 Å². The van der Waals surface area contributed by atoms with Crippen molar-refractivity contribution >= 4 is 11.5 Å². The molecule has 0 fully saturated rings. The van der Waals surface area contributed by atoms with Gasteiger partial charge in [0.1, 0.15) is 17.3 Å². The SMILES string of the molecule is C#CC/C=C(\CCNC/C(C)=C/C(C)=C(/C=C\N(C)C)N(F)OC/C=C(\C)NC)c1c(F)cc(C(=O)O)cc1F.CC.CC. The van der Waals surface area contributed by atoms with Gasteiger partial charge < -0.3 is 20.6 Å². The van der Waals surface area contributed by atoms with Crippen molar-refractivity contribution in [1.82, 2.24) is 20.8 Å². The van der Waals surface area contributed by atoms with Crippen LogP contribution in [0.15, 0.2) is 65.2 Å². The molecule has 1 aromatic rings. The fraction of sp³-hybridized carbons (Fsp3) is 0.441. The summed E-state index contributed by atoms with van der Waals surface area (Å²) in [5.41, 5.74) is 2.13. The molecular formula is C34H51F3N4O3. The number of hydroxylamine groups is 1. The van der Waals surface area contributed by atoms with Crippen molar-refractivity contribution in [3.8, 4) is 12.3 Å². The second-order valence-corrected chi connectivity index (χ2v) is 9.20. The molecule has 0 saturated heterocycles. The fourth-order valence-corrected chi connectivity index (χ4v) is 3.47. The summed E-state index contributed by atoms with van der Waals surface area (Å²) < 4.78 is 44.1. The summed E-state index contributed by atoms with van der Waals surface area (Å²) in [6.45, 7) is 14.3. The average molecular weight is 621 g/mol. The third kappa shape index (κ3) is 16.6. The molecule has 0 heterocycles. The average Bonchev–Trinajstić information content (AvgIpc) is 2.98. The van der Waals surface area contributed by atoms with Crippen LogP contribution in [0.25, 0.3) is 5.57 Å². The van der Waals surface area contributed by atoms with Crippen molar-refractivity contribution in [3.63, 3.8) is 0 Å². The zero-order chi connectivity index (χ0) is 34.2. The Hall–Kier alpha value is -3.94. The Balaban J connectivity index is 0. The predicted molar refractivity (Wildman–Crippen MR) is 176 cm³/mol. The van der Waals surface area contributed by atoms with Gasteiger partial charge in [0.2, 0.25) is 0 Å². The van der Waals surface area contributed by atoms with Gasteiger partial charge in [-0.1, -0.05) is 55.2 Å². The van der Waals surface area contributed by atoms with E-state index in [2.05, 4.69) is 16.6 Å². The second-order valence-electron chi connectivity index (χ2n) is 9.20. The molecule has 0 saturated carbocycles. The first kappa shape index (κ1) is 42.2. The van der Waals surface area contributed by atoms with Gasteiger partial charge in [-0.15, -0.1) is 12.3 Å². The quantitative estimate of drug-likeness (QED) is 0.0577. The maximum absolute atomic E-state index is 14.8. The van der Waals surface area contributed by atoms with E-state index in [1.165, 1.54) is 0 Å². The summed E-state index contributed by atoms with van der Waals surface area (Å²) in [6.07, 6.45) is 14.1. The lowest BCUT2D eigenvalue weighted by molar-refractivity contribution is -0.243. The molecule has 0 aliphatic heterocycles. The van der Waals surface area contributed by atoms with E-state index in [0.717, 1.165) is 23.4 Å². The molecule has 246 valence electrons. The Morgan fingerprint density at radius 2 is 1.68 bits per heavy atom. The second kappa shape index (κ2) is 24.5. The summed E-state index contributed by atoms with van der Waals surface area (Å²) in [6, 6.07) is 1.58. The largest absolute Gasteiger partial charge is 0.478 e. The summed E-state index contributed by atoms with van der Waals surface area (Å²) in [7, 11) is 5.41. The molecule has 0 radical (unpaired) electrons. The highest BCUT2D eigenvalue weighted by Crippen LogP contribution is 2.26. The Labute approximate surface area is 262 Å². The Morgan fingerprint density at radius 3 is 2.18 bits per heavy atom. The minimum absolute atomic E-state index is 0.0375. The highest BCUT2D eigenvalue weighted by molar-refractivity contribution is 5.88. The molecule has 0 aromatic heterocycles. The highest BCUT2D eigenvalue weighted by atomic mass is 19.2. The van der Waals surface area contributed by atoms with E-state index in [9.17, 15) is 18.1 Å². The first-order valence-corrected chi connectivity index (χ1v) is 14.6. The molecule has 44 heavy (non-hydrogen) atoms. The predicted octanol–water partition coefficient (Wildman–Crippen LogP) is 7.64. The summed E-state index contributed by atoms with van der Waals surface area (Å²) in [5, 5.41) is 15.4. The van der Waals surface area contributed by atoms with Crippen LogP contribution in [0.4, 0.5) is 13.3 Å². The number of benzene rings is 1. The van der Waals surface area contributed by atoms with E-state index >= 15 is 0 Å². The molecule has 3 N–H and O–H groups in total. The van der Waals surface area contributed by atoms with Gasteiger partial charge in [0, 0.05) is 51.6 Å². The van der Waals surface area contributed by atoms with Crippen molar-refractivity contribution < 1.29 is 28.0 Å². The minimum atomic E-state index is -1.42. The third-order valence-corrected chi connectivity index (χ3v) is 5.61. The van der Waals surface area contributed by atoms with E-state index in [-0.39, 0.29) is 36.0 Å². The lowest BCUT2D eigenvalue weighted by Gasteiger charge is -2.17. The van der Waals surface area contributed by atoms with Gasteiger partial charge in [0.15, 0.2) is 0 Å². The number of hydrogen-bond donors (Lipinski definition) is 3.